The van der Waals surface area contributed by atoms with E-state index in [4.69, 9.17) is 16.3 Å². The molecule has 120 valence electrons. The van der Waals surface area contributed by atoms with Gasteiger partial charge in [-0.2, -0.15) is 0 Å². The summed E-state index contributed by atoms with van der Waals surface area (Å²) in [5, 5.41) is 4.10. The number of rotatable bonds is 4. The van der Waals surface area contributed by atoms with Crippen LogP contribution in [0, 0.1) is 0 Å². The molecule has 0 aliphatic carbocycles. The zero-order valence-corrected chi connectivity index (χ0v) is 13.7. The molecule has 2 aliphatic rings. The first-order valence-electron chi connectivity index (χ1n) is 8.15. The van der Waals surface area contributed by atoms with E-state index in [1.165, 1.54) is 12.8 Å². The average Bonchev–Trinajstić information content (AvgIpc) is 2.84. The molecule has 4 nitrogen and oxygen atoms in total. The minimum atomic E-state index is 0.0679. The van der Waals surface area contributed by atoms with Gasteiger partial charge in [-0.25, -0.2) is 0 Å². The largest absolute Gasteiger partial charge is 0.492 e. The quantitative estimate of drug-likeness (QED) is 0.926. The van der Waals surface area contributed by atoms with Crippen molar-refractivity contribution in [3.05, 3.63) is 28.8 Å². The van der Waals surface area contributed by atoms with Crippen LogP contribution in [-0.4, -0.2) is 42.6 Å². The molecule has 1 aromatic carbocycles. The third-order valence-electron chi connectivity index (χ3n) is 4.45. The van der Waals surface area contributed by atoms with E-state index < -0.39 is 0 Å². The molecule has 0 unspecified atom stereocenters. The number of carbonyl (C=O) groups is 1. The van der Waals surface area contributed by atoms with E-state index in [-0.39, 0.29) is 5.91 Å². The Morgan fingerprint density at radius 1 is 1.36 bits per heavy atom. The standard InChI is InChI=1S/C17H23ClN2O2/c1-2-9-22-16-6-3-12(10-15(16)18)17(21)20-8-7-13-4-5-14(11-20)19-13/h3,6,10,13-14,19H,2,4-5,7-9,11H2,1H3/t13-,14+/m1/s1. The summed E-state index contributed by atoms with van der Waals surface area (Å²) < 4.78 is 5.56. The zero-order valence-electron chi connectivity index (χ0n) is 13.0. The Kier molecular flexibility index (Phi) is 4.89. The molecule has 2 heterocycles. The van der Waals surface area contributed by atoms with E-state index in [0.717, 1.165) is 25.9 Å². The Bertz CT molecular complexity index is 549. The molecule has 2 saturated heterocycles. The van der Waals surface area contributed by atoms with E-state index >= 15 is 0 Å². The third kappa shape index (κ3) is 3.39. The SMILES string of the molecule is CCCOc1ccc(C(=O)N2CC[C@H]3CC[C@@H](C2)N3)cc1Cl. The summed E-state index contributed by atoms with van der Waals surface area (Å²) >= 11 is 6.24. The van der Waals surface area contributed by atoms with Gasteiger partial charge in [-0.05, 0) is 43.9 Å². The number of nitrogens with zero attached hydrogens (tertiary/aromatic N) is 1. The van der Waals surface area contributed by atoms with Crippen molar-refractivity contribution in [2.75, 3.05) is 19.7 Å². The second-order valence-electron chi connectivity index (χ2n) is 6.17. The Morgan fingerprint density at radius 3 is 2.95 bits per heavy atom. The van der Waals surface area contributed by atoms with E-state index in [2.05, 4.69) is 5.32 Å². The van der Waals surface area contributed by atoms with Crippen molar-refractivity contribution >= 4 is 17.5 Å². The summed E-state index contributed by atoms with van der Waals surface area (Å²) in [6.07, 6.45) is 4.37. The highest BCUT2D eigenvalue weighted by molar-refractivity contribution is 6.32. The highest BCUT2D eigenvalue weighted by atomic mass is 35.5. The van der Waals surface area contributed by atoms with Crippen LogP contribution in [0.25, 0.3) is 0 Å². The van der Waals surface area contributed by atoms with Gasteiger partial charge < -0.3 is 15.0 Å². The monoisotopic (exact) mass is 322 g/mol. The van der Waals surface area contributed by atoms with Gasteiger partial charge >= 0.3 is 0 Å². The van der Waals surface area contributed by atoms with Crippen LogP contribution in [-0.2, 0) is 0 Å². The van der Waals surface area contributed by atoms with E-state index in [0.29, 0.717) is 35.0 Å². The molecule has 1 N–H and O–H groups in total. The number of fused-ring (bicyclic) bond motifs is 2. The molecule has 0 spiro atoms. The lowest BCUT2D eigenvalue weighted by molar-refractivity contribution is 0.0748. The first-order chi connectivity index (χ1) is 10.7. The van der Waals surface area contributed by atoms with Gasteiger partial charge in [0.05, 0.1) is 11.6 Å². The summed E-state index contributed by atoms with van der Waals surface area (Å²) in [5.41, 5.74) is 0.645. The summed E-state index contributed by atoms with van der Waals surface area (Å²) in [5.74, 6) is 0.718. The van der Waals surface area contributed by atoms with Crippen LogP contribution >= 0.6 is 11.6 Å². The van der Waals surface area contributed by atoms with Crippen molar-refractivity contribution in [2.45, 2.75) is 44.7 Å². The Balaban J connectivity index is 1.70. The maximum Gasteiger partial charge on any atom is 0.253 e. The van der Waals surface area contributed by atoms with Crippen molar-refractivity contribution in [1.82, 2.24) is 10.2 Å². The number of nitrogens with one attached hydrogen (secondary N) is 1. The van der Waals surface area contributed by atoms with E-state index in [1.54, 1.807) is 12.1 Å². The number of hydrogen-bond acceptors (Lipinski definition) is 3. The van der Waals surface area contributed by atoms with Gasteiger partial charge in [0.1, 0.15) is 5.75 Å². The normalized spacial score (nSPS) is 24.2. The predicted octanol–water partition coefficient (Wildman–Crippen LogP) is 3.10. The van der Waals surface area contributed by atoms with Crippen LogP contribution in [0.4, 0.5) is 0 Å². The molecule has 1 aromatic rings. The van der Waals surface area contributed by atoms with Crippen LogP contribution in [0.15, 0.2) is 18.2 Å². The molecule has 0 aromatic heterocycles. The smallest absolute Gasteiger partial charge is 0.253 e. The fourth-order valence-electron chi connectivity index (χ4n) is 3.27. The predicted molar refractivity (Wildman–Crippen MR) is 87.7 cm³/mol. The van der Waals surface area contributed by atoms with Crippen LogP contribution in [0.3, 0.4) is 0 Å². The maximum atomic E-state index is 12.7. The lowest BCUT2D eigenvalue weighted by atomic mass is 10.1. The van der Waals surface area contributed by atoms with Crippen molar-refractivity contribution < 1.29 is 9.53 Å². The number of likely N-dealkylation sites (tertiary alicyclic amines) is 1. The van der Waals surface area contributed by atoms with Crippen molar-refractivity contribution in [3.63, 3.8) is 0 Å². The summed E-state index contributed by atoms with van der Waals surface area (Å²) in [6, 6.07) is 6.37. The molecular weight excluding hydrogens is 300 g/mol. The van der Waals surface area contributed by atoms with Crippen molar-refractivity contribution in [2.24, 2.45) is 0 Å². The first kappa shape index (κ1) is 15.6. The number of hydrogen-bond donors (Lipinski definition) is 1. The molecule has 2 atom stereocenters. The molecule has 2 fully saturated rings. The summed E-state index contributed by atoms with van der Waals surface area (Å²) in [4.78, 5) is 14.7. The van der Waals surface area contributed by atoms with Crippen LogP contribution in [0.1, 0.15) is 43.0 Å². The molecule has 3 rings (SSSR count). The fourth-order valence-corrected chi connectivity index (χ4v) is 3.51. The van der Waals surface area contributed by atoms with E-state index in [9.17, 15) is 4.79 Å². The van der Waals surface area contributed by atoms with Gasteiger partial charge in [-0.15, -0.1) is 0 Å². The average molecular weight is 323 g/mol. The molecule has 5 heteroatoms. The Labute approximate surface area is 136 Å². The number of amides is 1. The van der Waals surface area contributed by atoms with Crippen molar-refractivity contribution in [1.29, 1.82) is 0 Å². The highest BCUT2D eigenvalue weighted by Gasteiger charge is 2.31. The number of halogens is 1. The van der Waals surface area contributed by atoms with Gasteiger partial charge in [0.25, 0.3) is 5.91 Å². The highest BCUT2D eigenvalue weighted by Crippen LogP contribution is 2.27. The second kappa shape index (κ2) is 6.88. The molecular formula is C17H23ClN2O2. The Hall–Kier alpha value is -1.26. The van der Waals surface area contributed by atoms with Gasteiger partial charge in [0, 0.05) is 30.7 Å². The molecule has 0 radical (unpaired) electrons. The summed E-state index contributed by atoms with van der Waals surface area (Å²) in [6.45, 7) is 4.29. The molecule has 22 heavy (non-hydrogen) atoms. The molecule has 0 saturated carbocycles. The van der Waals surface area contributed by atoms with E-state index in [1.807, 2.05) is 17.9 Å². The molecule has 2 aliphatic heterocycles. The third-order valence-corrected chi connectivity index (χ3v) is 4.75. The van der Waals surface area contributed by atoms with Crippen LogP contribution in [0.5, 0.6) is 5.75 Å². The van der Waals surface area contributed by atoms with Crippen LogP contribution in [0.2, 0.25) is 5.02 Å². The topological polar surface area (TPSA) is 41.6 Å². The first-order valence-corrected chi connectivity index (χ1v) is 8.53. The molecule has 2 bridgehead atoms. The van der Waals surface area contributed by atoms with Crippen molar-refractivity contribution in [3.8, 4) is 5.75 Å². The van der Waals surface area contributed by atoms with Gasteiger partial charge in [-0.1, -0.05) is 18.5 Å². The minimum absolute atomic E-state index is 0.0679. The maximum absolute atomic E-state index is 12.7. The number of ether oxygens (including phenoxy) is 1. The van der Waals surface area contributed by atoms with Gasteiger partial charge in [0.2, 0.25) is 0 Å². The van der Waals surface area contributed by atoms with Crippen LogP contribution < -0.4 is 10.1 Å². The molecule has 1 amide bonds. The minimum Gasteiger partial charge on any atom is -0.492 e. The number of carbonyl (C=O) groups excluding carboxylic acids is 1. The second-order valence-corrected chi connectivity index (χ2v) is 6.58. The number of benzene rings is 1. The summed E-state index contributed by atoms with van der Waals surface area (Å²) in [7, 11) is 0. The van der Waals surface area contributed by atoms with Gasteiger partial charge in [0.15, 0.2) is 0 Å². The Morgan fingerprint density at radius 2 is 2.18 bits per heavy atom. The lowest BCUT2D eigenvalue weighted by Crippen LogP contribution is -2.39. The fraction of sp³-hybridized carbons (Fsp3) is 0.588. The zero-order chi connectivity index (χ0) is 15.5. The lowest BCUT2D eigenvalue weighted by Gasteiger charge is -2.24. The van der Waals surface area contributed by atoms with Gasteiger partial charge in [-0.3, -0.25) is 4.79 Å².